The van der Waals surface area contributed by atoms with Crippen LogP contribution in [-0.2, 0) is 13.1 Å². The molecule has 1 aromatic carbocycles. The molecule has 17 heavy (non-hydrogen) atoms. The Morgan fingerprint density at radius 2 is 2.12 bits per heavy atom. The summed E-state index contributed by atoms with van der Waals surface area (Å²) < 4.78 is 13.9. The largest absolute Gasteiger partial charge is 0.307 e. The summed E-state index contributed by atoms with van der Waals surface area (Å²) in [5.41, 5.74) is 1.74. The molecule has 5 heteroatoms. The number of nitrogens with one attached hydrogen (secondary N) is 1. The quantitative estimate of drug-likeness (QED) is 0.942. The number of benzene rings is 1. The fraction of sp³-hybridized carbons (Fsp3) is 0.167. The molecular formula is C12H11BrFN3. The first-order valence-corrected chi connectivity index (χ1v) is 5.94. The monoisotopic (exact) mass is 295 g/mol. The van der Waals surface area contributed by atoms with E-state index in [0.29, 0.717) is 13.1 Å². The third-order valence-electron chi connectivity index (χ3n) is 2.25. The van der Waals surface area contributed by atoms with E-state index in [1.807, 2.05) is 0 Å². The zero-order chi connectivity index (χ0) is 12.1. The first-order valence-electron chi connectivity index (χ1n) is 5.15. The molecule has 0 atom stereocenters. The number of aromatic nitrogens is 2. The van der Waals surface area contributed by atoms with Crippen molar-refractivity contribution in [3.05, 3.63) is 58.3 Å². The highest BCUT2D eigenvalue weighted by Crippen LogP contribution is 2.17. The summed E-state index contributed by atoms with van der Waals surface area (Å²) in [6.45, 7) is 1.19. The van der Waals surface area contributed by atoms with Crippen LogP contribution >= 0.6 is 15.9 Å². The fourth-order valence-electron chi connectivity index (χ4n) is 1.43. The summed E-state index contributed by atoms with van der Waals surface area (Å²) in [5.74, 6) is -0.232. The third-order valence-corrected chi connectivity index (χ3v) is 3.02. The Kier molecular flexibility index (Phi) is 4.17. The molecular weight excluding hydrogens is 285 g/mol. The van der Waals surface area contributed by atoms with Gasteiger partial charge in [-0.05, 0) is 23.8 Å². The molecule has 0 saturated heterocycles. The molecule has 0 spiro atoms. The van der Waals surface area contributed by atoms with Crippen LogP contribution in [0.2, 0.25) is 0 Å². The zero-order valence-corrected chi connectivity index (χ0v) is 10.6. The molecule has 88 valence electrons. The van der Waals surface area contributed by atoms with Crippen LogP contribution in [0.15, 0.2) is 41.3 Å². The molecule has 0 aliphatic carbocycles. The average molecular weight is 296 g/mol. The van der Waals surface area contributed by atoms with E-state index in [2.05, 4.69) is 31.2 Å². The zero-order valence-electron chi connectivity index (χ0n) is 9.03. The van der Waals surface area contributed by atoms with E-state index in [1.54, 1.807) is 24.7 Å². The number of hydrogen-bond donors (Lipinski definition) is 1. The van der Waals surface area contributed by atoms with Crippen molar-refractivity contribution in [2.24, 2.45) is 0 Å². The highest BCUT2D eigenvalue weighted by atomic mass is 79.9. The summed E-state index contributed by atoms with van der Waals surface area (Å²) in [7, 11) is 0. The van der Waals surface area contributed by atoms with Gasteiger partial charge in [-0.15, -0.1) is 0 Å². The lowest BCUT2D eigenvalue weighted by Gasteiger charge is -2.06. The van der Waals surface area contributed by atoms with E-state index in [0.717, 1.165) is 15.7 Å². The Morgan fingerprint density at radius 3 is 2.88 bits per heavy atom. The normalized spacial score (nSPS) is 10.5. The summed E-state index contributed by atoms with van der Waals surface area (Å²) >= 11 is 3.38. The van der Waals surface area contributed by atoms with Crippen LogP contribution in [0.3, 0.4) is 0 Å². The Balaban J connectivity index is 1.92. The molecule has 2 rings (SSSR count). The van der Waals surface area contributed by atoms with Gasteiger partial charge in [-0.25, -0.2) is 4.39 Å². The minimum absolute atomic E-state index is 0.232. The minimum Gasteiger partial charge on any atom is -0.307 e. The van der Waals surface area contributed by atoms with Gasteiger partial charge in [-0.1, -0.05) is 15.9 Å². The highest BCUT2D eigenvalue weighted by Gasteiger charge is 2.01. The number of nitrogens with zero attached hydrogens (tertiary/aromatic N) is 2. The standard InChI is InChI=1S/C12H11BrFN3/c13-12-2-1-10(14)5-9(12)6-16-8-11-7-15-3-4-17-11/h1-5,7,16H,6,8H2. The molecule has 0 amide bonds. The van der Waals surface area contributed by atoms with Crippen molar-refractivity contribution in [2.75, 3.05) is 0 Å². The van der Waals surface area contributed by atoms with E-state index in [1.165, 1.54) is 12.1 Å². The molecule has 1 heterocycles. The Labute approximate surface area is 107 Å². The van der Waals surface area contributed by atoms with Gasteiger partial charge in [0.05, 0.1) is 5.69 Å². The van der Waals surface area contributed by atoms with Gasteiger partial charge in [0.15, 0.2) is 0 Å². The number of halogens is 2. The number of rotatable bonds is 4. The van der Waals surface area contributed by atoms with E-state index in [-0.39, 0.29) is 5.82 Å². The summed E-state index contributed by atoms with van der Waals surface area (Å²) in [6, 6.07) is 4.64. The van der Waals surface area contributed by atoms with Gasteiger partial charge in [-0.2, -0.15) is 0 Å². The molecule has 0 radical (unpaired) electrons. The molecule has 0 unspecified atom stereocenters. The third kappa shape index (κ3) is 3.57. The Morgan fingerprint density at radius 1 is 1.24 bits per heavy atom. The van der Waals surface area contributed by atoms with E-state index in [4.69, 9.17) is 0 Å². The maximum absolute atomic E-state index is 13.0. The van der Waals surface area contributed by atoms with E-state index >= 15 is 0 Å². The SMILES string of the molecule is Fc1ccc(Br)c(CNCc2cnccn2)c1. The van der Waals surface area contributed by atoms with Crippen molar-refractivity contribution in [3.63, 3.8) is 0 Å². The average Bonchev–Trinajstić information content (AvgIpc) is 2.35. The molecule has 0 aliphatic heterocycles. The predicted molar refractivity (Wildman–Crippen MR) is 66.7 cm³/mol. The maximum atomic E-state index is 13.0. The van der Waals surface area contributed by atoms with Gasteiger partial charge in [0.2, 0.25) is 0 Å². The molecule has 0 saturated carbocycles. The minimum atomic E-state index is -0.232. The van der Waals surface area contributed by atoms with Crippen LogP contribution in [0, 0.1) is 5.82 Å². The van der Waals surface area contributed by atoms with Crippen molar-refractivity contribution < 1.29 is 4.39 Å². The van der Waals surface area contributed by atoms with Gasteiger partial charge < -0.3 is 5.32 Å². The molecule has 1 N–H and O–H groups in total. The first-order chi connectivity index (χ1) is 8.25. The van der Waals surface area contributed by atoms with Crippen LogP contribution in [0.5, 0.6) is 0 Å². The maximum Gasteiger partial charge on any atom is 0.123 e. The Bertz CT molecular complexity index is 490. The van der Waals surface area contributed by atoms with Crippen LogP contribution in [0.4, 0.5) is 4.39 Å². The van der Waals surface area contributed by atoms with E-state index in [9.17, 15) is 4.39 Å². The topological polar surface area (TPSA) is 37.8 Å². The highest BCUT2D eigenvalue weighted by molar-refractivity contribution is 9.10. The summed E-state index contributed by atoms with van der Waals surface area (Å²) in [5, 5.41) is 3.19. The van der Waals surface area contributed by atoms with Crippen molar-refractivity contribution in [1.29, 1.82) is 0 Å². The smallest absolute Gasteiger partial charge is 0.123 e. The fourth-order valence-corrected chi connectivity index (χ4v) is 1.81. The lowest BCUT2D eigenvalue weighted by molar-refractivity contribution is 0.618. The van der Waals surface area contributed by atoms with Gasteiger partial charge >= 0.3 is 0 Å². The lowest BCUT2D eigenvalue weighted by atomic mass is 10.2. The van der Waals surface area contributed by atoms with Crippen LogP contribution < -0.4 is 5.32 Å². The van der Waals surface area contributed by atoms with E-state index < -0.39 is 0 Å². The second-order valence-corrected chi connectivity index (χ2v) is 4.39. The molecule has 0 aliphatic rings. The molecule has 0 fully saturated rings. The first kappa shape index (κ1) is 12.1. The van der Waals surface area contributed by atoms with Crippen molar-refractivity contribution in [1.82, 2.24) is 15.3 Å². The second kappa shape index (κ2) is 5.84. The molecule has 0 bridgehead atoms. The molecule has 3 nitrogen and oxygen atoms in total. The lowest BCUT2D eigenvalue weighted by Crippen LogP contribution is -2.14. The van der Waals surface area contributed by atoms with Gasteiger partial charge in [0.1, 0.15) is 5.82 Å². The van der Waals surface area contributed by atoms with Crippen LogP contribution in [-0.4, -0.2) is 9.97 Å². The van der Waals surface area contributed by atoms with Crippen molar-refractivity contribution in [2.45, 2.75) is 13.1 Å². The van der Waals surface area contributed by atoms with Crippen molar-refractivity contribution in [3.8, 4) is 0 Å². The second-order valence-electron chi connectivity index (χ2n) is 3.54. The van der Waals surface area contributed by atoms with Crippen LogP contribution in [0.25, 0.3) is 0 Å². The Hall–Kier alpha value is -1.33. The molecule has 1 aromatic heterocycles. The summed E-state index contributed by atoms with van der Waals surface area (Å²) in [6.07, 6.45) is 4.98. The van der Waals surface area contributed by atoms with Crippen LogP contribution in [0.1, 0.15) is 11.3 Å². The number of hydrogen-bond acceptors (Lipinski definition) is 3. The predicted octanol–water partition coefficient (Wildman–Crippen LogP) is 2.67. The molecule has 2 aromatic rings. The van der Waals surface area contributed by atoms with Gasteiger partial charge in [0.25, 0.3) is 0 Å². The summed E-state index contributed by atoms with van der Waals surface area (Å²) in [4.78, 5) is 8.11. The van der Waals surface area contributed by atoms with Gasteiger partial charge in [-0.3, -0.25) is 9.97 Å². The van der Waals surface area contributed by atoms with Crippen molar-refractivity contribution >= 4 is 15.9 Å². The van der Waals surface area contributed by atoms with Gasteiger partial charge in [0, 0.05) is 36.2 Å².